The van der Waals surface area contributed by atoms with Crippen LogP contribution in [0, 0.1) is 6.85 Å². The molecule has 0 saturated carbocycles. The van der Waals surface area contributed by atoms with Crippen molar-refractivity contribution in [3.05, 3.63) is 17.9 Å². The smallest absolute Gasteiger partial charge is 0.0862 e. The fraction of sp³-hybridized carbons (Fsp3) is 0.250. The second kappa shape index (κ2) is 1.12. The van der Waals surface area contributed by atoms with Gasteiger partial charge in [-0.25, -0.2) is 0 Å². The Balaban J connectivity index is 3.21. The normalized spacial score (nSPS) is 23.0. The zero-order chi connectivity index (χ0) is 8.65. The van der Waals surface area contributed by atoms with Gasteiger partial charge in [0.15, 0.2) is 0 Å². The van der Waals surface area contributed by atoms with Gasteiger partial charge in [0.1, 0.15) is 0 Å². The van der Waals surface area contributed by atoms with Crippen LogP contribution in [0.1, 0.15) is 12.4 Å². The Morgan fingerprint density at radius 2 is 3.33 bits per heavy atom. The number of nitrogens with one attached hydrogen (secondary N) is 1. The first kappa shape index (κ1) is 0.886. The number of aromatic nitrogens is 2. The molecule has 1 rings (SSSR count). The zero-order valence-corrected chi connectivity index (χ0v) is 2.95. The molecule has 1 aromatic heterocycles. The average Bonchev–Trinajstić information content (AvgIpc) is 2.08. The molecule has 0 aliphatic carbocycles. The van der Waals surface area contributed by atoms with E-state index in [-0.39, 0.29) is 17.9 Å². The molecule has 0 aliphatic rings. The van der Waals surface area contributed by atoms with Gasteiger partial charge in [-0.15, -0.1) is 0 Å². The van der Waals surface area contributed by atoms with Gasteiger partial charge in [-0.05, 0) is 12.4 Å². The van der Waals surface area contributed by atoms with E-state index in [0.717, 1.165) is 0 Å². The molecule has 2 nitrogen and oxygen atoms in total. The molecule has 0 bridgehead atoms. The van der Waals surface area contributed by atoms with E-state index in [9.17, 15) is 0 Å². The summed E-state index contributed by atoms with van der Waals surface area (Å²) in [6.45, 7) is -2.42. The third kappa shape index (κ3) is 0.407. The van der Waals surface area contributed by atoms with Gasteiger partial charge in [-0.1, -0.05) is 0 Å². The molecule has 32 valence electrons. The van der Waals surface area contributed by atoms with Crippen molar-refractivity contribution in [2.45, 2.75) is 6.85 Å². The van der Waals surface area contributed by atoms with Gasteiger partial charge in [0.25, 0.3) is 0 Å². The lowest BCUT2D eigenvalue weighted by Gasteiger charge is -1.62. The molecule has 1 heterocycles. The van der Waals surface area contributed by atoms with Crippen LogP contribution in [-0.2, 0) is 0 Å². The monoisotopic (exact) mass is 87.1 g/mol. The van der Waals surface area contributed by atoms with Crippen LogP contribution in [0.15, 0.2) is 12.3 Å². The van der Waals surface area contributed by atoms with Crippen molar-refractivity contribution in [3.8, 4) is 0 Å². The number of H-pyrrole nitrogens is 1. The second-order valence-corrected chi connectivity index (χ2v) is 0.835. The van der Waals surface area contributed by atoms with E-state index in [2.05, 4.69) is 10.2 Å². The molecule has 6 heavy (non-hydrogen) atoms. The van der Waals surface area contributed by atoms with Crippen molar-refractivity contribution >= 4 is 0 Å². The van der Waals surface area contributed by atoms with Crippen LogP contribution in [-0.4, -0.2) is 10.2 Å². The highest BCUT2D eigenvalue weighted by Crippen LogP contribution is 1.84. The van der Waals surface area contributed by atoms with Crippen molar-refractivity contribution in [2.24, 2.45) is 0 Å². The summed E-state index contributed by atoms with van der Waals surface area (Å²) in [7, 11) is 0. The lowest BCUT2D eigenvalue weighted by Crippen LogP contribution is -1.53. The fourth-order valence-corrected chi connectivity index (χ4v) is 0.196. The second-order valence-electron chi connectivity index (χ2n) is 0.835. The summed E-state index contributed by atoms with van der Waals surface area (Å²) in [6.07, 6.45) is -0.690. The summed E-state index contributed by atoms with van der Waals surface area (Å²) in [5, 5.41) is 5.39. The summed E-state index contributed by atoms with van der Waals surface area (Å²) in [4.78, 5) is 0. The van der Waals surface area contributed by atoms with Crippen LogP contribution in [0.25, 0.3) is 0 Å². The topological polar surface area (TPSA) is 28.7 Å². The van der Waals surface area contributed by atoms with Gasteiger partial charge >= 0.3 is 0 Å². The standard InChI is InChI=1S/C4H6N2/c1-4-2-5-6-3-4/h2-3H,1H3,(H,5,6)/i1D3,2D,3D. The van der Waals surface area contributed by atoms with E-state index < -0.39 is 6.85 Å². The van der Waals surface area contributed by atoms with Crippen LogP contribution < -0.4 is 0 Å². The highest BCUT2D eigenvalue weighted by Gasteiger charge is 1.74. The molecule has 0 spiro atoms. The lowest BCUT2D eigenvalue weighted by atomic mass is 10.4. The third-order valence-electron chi connectivity index (χ3n) is 0.405. The van der Waals surface area contributed by atoms with Gasteiger partial charge in [-0.3, -0.25) is 5.10 Å². The number of rotatable bonds is 0. The molecule has 0 atom stereocenters. The van der Waals surface area contributed by atoms with Crippen molar-refractivity contribution in [2.75, 3.05) is 0 Å². The van der Waals surface area contributed by atoms with Crippen LogP contribution >= 0.6 is 0 Å². The minimum atomic E-state index is -2.42. The maximum atomic E-state index is 7.05. The molecule has 0 radical (unpaired) electrons. The highest BCUT2D eigenvalue weighted by atomic mass is 15.1. The van der Waals surface area contributed by atoms with Gasteiger partial charge in [-0.2, -0.15) is 5.10 Å². The molecular formula is C4H6N2. The largest absolute Gasteiger partial charge is 0.285 e. The fourth-order valence-electron chi connectivity index (χ4n) is 0.196. The molecule has 1 N–H and O–H groups in total. The van der Waals surface area contributed by atoms with E-state index >= 15 is 0 Å². The Bertz CT molecular complexity index is 242. The predicted molar refractivity (Wildman–Crippen MR) is 23.3 cm³/mol. The van der Waals surface area contributed by atoms with Gasteiger partial charge in [0.05, 0.1) is 8.91 Å². The summed E-state index contributed by atoms with van der Waals surface area (Å²) in [5.74, 6) is 0. The van der Waals surface area contributed by atoms with Crippen LogP contribution in [0.3, 0.4) is 0 Å². The average molecular weight is 87.1 g/mol. The maximum absolute atomic E-state index is 7.05. The zero-order valence-electron chi connectivity index (χ0n) is 7.95. The lowest BCUT2D eigenvalue weighted by molar-refractivity contribution is 1.09. The highest BCUT2D eigenvalue weighted by molar-refractivity contribution is 4.96. The molecule has 0 unspecified atom stereocenters. The van der Waals surface area contributed by atoms with Gasteiger partial charge in [0.2, 0.25) is 0 Å². The number of hydrogen-bond donors (Lipinski definition) is 1. The van der Waals surface area contributed by atoms with Crippen molar-refractivity contribution < 1.29 is 6.85 Å². The van der Waals surface area contributed by atoms with Crippen LogP contribution in [0.2, 0.25) is 0 Å². The SMILES string of the molecule is [2H]c1n[nH]c([2H])c1C([2H])([2H])[2H]. The van der Waals surface area contributed by atoms with Crippen LogP contribution in [0.4, 0.5) is 0 Å². The summed E-state index contributed by atoms with van der Waals surface area (Å²) < 4.78 is 34.8. The van der Waals surface area contributed by atoms with E-state index in [1.807, 2.05) is 0 Å². The Morgan fingerprint density at radius 3 is 3.67 bits per heavy atom. The van der Waals surface area contributed by atoms with Crippen LogP contribution in [0.5, 0.6) is 0 Å². The molecule has 2 heteroatoms. The number of hydrogen-bond acceptors (Lipinski definition) is 1. The van der Waals surface area contributed by atoms with Gasteiger partial charge in [0, 0.05) is 10.3 Å². The summed E-state index contributed by atoms with van der Waals surface area (Å²) in [6, 6.07) is 0. The Hall–Kier alpha value is -0.790. The Morgan fingerprint density at radius 1 is 2.33 bits per heavy atom. The molecular weight excluding hydrogens is 76.1 g/mol. The summed E-state index contributed by atoms with van der Waals surface area (Å²) >= 11 is 0. The molecule has 0 aromatic carbocycles. The molecule has 0 aliphatic heterocycles. The Labute approximate surface area is 43.2 Å². The number of aromatic amines is 1. The van der Waals surface area contributed by atoms with E-state index in [1.54, 1.807) is 0 Å². The maximum Gasteiger partial charge on any atom is 0.0862 e. The molecule has 1 aromatic rings. The van der Waals surface area contributed by atoms with E-state index in [0.29, 0.717) is 0 Å². The quantitative estimate of drug-likeness (QED) is 0.496. The first-order chi connectivity index (χ1) is 4.93. The molecule has 0 fully saturated rings. The van der Waals surface area contributed by atoms with Crippen molar-refractivity contribution in [1.82, 2.24) is 10.2 Å². The predicted octanol–water partition coefficient (Wildman–Crippen LogP) is 0.718. The number of nitrogens with zero attached hydrogens (tertiary/aromatic N) is 1. The van der Waals surface area contributed by atoms with E-state index in [1.165, 1.54) is 0 Å². The van der Waals surface area contributed by atoms with Gasteiger partial charge < -0.3 is 0 Å². The third-order valence-corrected chi connectivity index (χ3v) is 0.405. The first-order valence-corrected chi connectivity index (χ1v) is 1.45. The van der Waals surface area contributed by atoms with Crippen molar-refractivity contribution in [1.29, 1.82) is 0 Å². The molecule has 0 saturated heterocycles. The minimum absolute atomic E-state index is 0.310. The Kier molecular flexibility index (Phi) is 0.166. The van der Waals surface area contributed by atoms with Crippen molar-refractivity contribution in [3.63, 3.8) is 0 Å². The minimum Gasteiger partial charge on any atom is -0.285 e. The summed E-state index contributed by atoms with van der Waals surface area (Å²) in [5.41, 5.74) is -0.322. The molecule has 0 amide bonds. The van der Waals surface area contributed by atoms with E-state index in [4.69, 9.17) is 6.85 Å². The first-order valence-electron chi connectivity index (χ1n) is 3.95.